The molecule has 2 saturated heterocycles. The maximum Gasteiger partial charge on any atom is 0.266 e. The first-order valence-electron chi connectivity index (χ1n) is 17.1. The second-order valence-electron chi connectivity index (χ2n) is 13.4. The summed E-state index contributed by atoms with van der Waals surface area (Å²) in [6, 6.07) is 18.8. The average Bonchev–Trinajstić information content (AvgIpc) is 3.53. The molecule has 0 bridgehead atoms. The largest absolute Gasteiger partial charge is 0.381 e. The van der Waals surface area contributed by atoms with Gasteiger partial charge < -0.3 is 25.2 Å². The van der Waals surface area contributed by atoms with E-state index in [1.807, 2.05) is 31.0 Å². The SMILES string of the molecule is CN1CCc2cc(C(=O)Nc3cccnn3)sc2-c2ccc(F)cc21.Cc1cnc(N2CC3(CCOCC3)C2)c(C(=O)Nc2ccc(C=O)cc2)c1. The Morgan fingerprint density at radius 2 is 1.79 bits per heavy atom. The van der Waals surface area contributed by atoms with E-state index in [0.29, 0.717) is 32.9 Å². The second kappa shape index (κ2) is 15.0. The molecule has 0 radical (unpaired) electrons. The zero-order chi connectivity index (χ0) is 36.2. The van der Waals surface area contributed by atoms with Crippen molar-refractivity contribution in [3.8, 4) is 10.4 Å². The fourth-order valence-electron chi connectivity index (χ4n) is 6.78. The molecule has 0 unspecified atom stereocenters. The highest BCUT2D eigenvalue weighted by atomic mass is 32.1. The van der Waals surface area contributed by atoms with Crippen LogP contribution in [-0.2, 0) is 11.2 Å². The van der Waals surface area contributed by atoms with Crippen LogP contribution in [0.3, 0.4) is 0 Å². The molecule has 2 fully saturated rings. The number of rotatable bonds is 6. The number of aromatic nitrogens is 3. The minimum absolute atomic E-state index is 0.187. The summed E-state index contributed by atoms with van der Waals surface area (Å²) in [5.41, 5.74) is 5.98. The van der Waals surface area contributed by atoms with Gasteiger partial charge in [-0.15, -0.1) is 16.4 Å². The van der Waals surface area contributed by atoms with Gasteiger partial charge in [-0.05, 0) is 104 Å². The zero-order valence-electron chi connectivity index (χ0n) is 28.9. The number of ether oxygens (including phenoxy) is 1. The summed E-state index contributed by atoms with van der Waals surface area (Å²) in [6.45, 7) is 6.17. The molecule has 0 atom stereocenters. The molecule has 3 aliphatic heterocycles. The number of hydrogen-bond donors (Lipinski definition) is 2. The van der Waals surface area contributed by atoms with E-state index in [-0.39, 0.29) is 17.6 Å². The Hall–Kier alpha value is -5.53. The number of anilines is 4. The van der Waals surface area contributed by atoms with Gasteiger partial charge in [0.2, 0.25) is 0 Å². The molecule has 1 spiro atoms. The van der Waals surface area contributed by atoms with Crippen LogP contribution in [0, 0.1) is 18.2 Å². The molecule has 2 amide bonds. The number of amides is 2. The second-order valence-corrected chi connectivity index (χ2v) is 14.5. The number of pyridine rings is 1. The van der Waals surface area contributed by atoms with Crippen molar-refractivity contribution in [3.05, 3.63) is 112 Å². The smallest absolute Gasteiger partial charge is 0.266 e. The molecule has 2 aromatic carbocycles. The van der Waals surface area contributed by atoms with Crippen molar-refractivity contribution in [1.82, 2.24) is 15.2 Å². The van der Waals surface area contributed by atoms with Crippen molar-refractivity contribution in [2.45, 2.75) is 26.2 Å². The molecule has 3 aliphatic rings. The number of likely N-dealkylation sites (N-methyl/N-ethyl adjacent to an activating group) is 1. The molecule has 266 valence electrons. The van der Waals surface area contributed by atoms with E-state index < -0.39 is 0 Å². The number of carbonyl (C=O) groups excluding carboxylic acids is 3. The van der Waals surface area contributed by atoms with Crippen molar-refractivity contribution < 1.29 is 23.5 Å². The van der Waals surface area contributed by atoms with Gasteiger partial charge in [0.05, 0.1) is 10.4 Å². The summed E-state index contributed by atoms with van der Waals surface area (Å²) in [7, 11) is 1.95. The summed E-state index contributed by atoms with van der Waals surface area (Å²) in [5.74, 6) is 0.493. The number of aldehydes is 1. The van der Waals surface area contributed by atoms with Crippen molar-refractivity contribution in [3.63, 3.8) is 0 Å². The van der Waals surface area contributed by atoms with Crippen LogP contribution in [-0.4, -0.2) is 73.2 Å². The van der Waals surface area contributed by atoms with Crippen molar-refractivity contribution in [1.29, 1.82) is 0 Å². The highest BCUT2D eigenvalue weighted by Crippen LogP contribution is 2.43. The Morgan fingerprint density at radius 1 is 1.00 bits per heavy atom. The van der Waals surface area contributed by atoms with Crippen LogP contribution < -0.4 is 20.4 Å². The third kappa shape index (κ3) is 7.55. The number of fused-ring (bicyclic) bond motifs is 3. The number of thiophene rings is 1. The Labute approximate surface area is 304 Å². The molecular formula is C39H38FN7O4S. The van der Waals surface area contributed by atoms with Crippen LogP contribution in [0.1, 0.15) is 54.4 Å². The van der Waals surface area contributed by atoms with Gasteiger partial charge in [-0.3, -0.25) is 14.4 Å². The number of halogens is 1. The van der Waals surface area contributed by atoms with E-state index in [0.717, 1.165) is 91.5 Å². The number of carbonyl (C=O) groups is 3. The topological polar surface area (TPSA) is 130 Å². The van der Waals surface area contributed by atoms with Crippen molar-refractivity contribution >= 4 is 52.4 Å². The molecule has 0 saturated carbocycles. The molecule has 3 aromatic heterocycles. The summed E-state index contributed by atoms with van der Waals surface area (Å²) < 4.78 is 19.1. The number of benzene rings is 2. The minimum atomic E-state index is -0.258. The summed E-state index contributed by atoms with van der Waals surface area (Å²) in [6.07, 6.45) is 7.08. The van der Waals surface area contributed by atoms with Crippen molar-refractivity contribution in [2.24, 2.45) is 5.41 Å². The molecule has 0 aliphatic carbocycles. The fraction of sp³-hybridized carbons (Fsp3) is 0.282. The van der Waals surface area contributed by atoms with Gasteiger partial charge in [0.15, 0.2) is 5.82 Å². The summed E-state index contributed by atoms with van der Waals surface area (Å²) in [5, 5.41) is 13.3. The molecule has 5 aromatic rings. The van der Waals surface area contributed by atoms with Gasteiger partial charge in [-0.1, -0.05) is 0 Å². The third-order valence-electron chi connectivity index (χ3n) is 9.64. The fourth-order valence-corrected chi connectivity index (χ4v) is 7.92. The van der Waals surface area contributed by atoms with E-state index in [4.69, 9.17) is 4.74 Å². The first-order valence-corrected chi connectivity index (χ1v) is 17.9. The lowest BCUT2D eigenvalue weighted by Gasteiger charge is -2.53. The molecule has 2 N–H and O–H groups in total. The number of nitrogens with zero attached hydrogens (tertiary/aromatic N) is 5. The van der Waals surface area contributed by atoms with Crippen LogP contribution in [0.2, 0.25) is 0 Å². The van der Waals surface area contributed by atoms with E-state index in [9.17, 15) is 18.8 Å². The monoisotopic (exact) mass is 719 g/mol. The van der Waals surface area contributed by atoms with E-state index in [1.54, 1.807) is 60.9 Å². The summed E-state index contributed by atoms with van der Waals surface area (Å²) in [4.78, 5) is 46.6. The highest BCUT2D eigenvalue weighted by molar-refractivity contribution is 7.17. The molecule has 6 heterocycles. The Bertz CT molecular complexity index is 2090. The average molecular weight is 720 g/mol. The van der Waals surface area contributed by atoms with Gasteiger partial charge >= 0.3 is 0 Å². The van der Waals surface area contributed by atoms with E-state index in [1.165, 1.54) is 17.4 Å². The first-order chi connectivity index (χ1) is 25.2. The highest BCUT2D eigenvalue weighted by Gasteiger charge is 2.45. The third-order valence-corrected chi connectivity index (χ3v) is 10.8. The first kappa shape index (κ1) is 34.9. The lowest BCUT2D eigenvalue weighted by Crippen LogP contribution is -2.59. The summed E-state index contributed by atoms with van der Waals surface area (Å²) >= 11 is 1.42. The predicted octanol–water partition coefficient (Wildman–Crippen LogP) is 6.66. The van der Waals surface area contributed by atoms with Crippen molar-refractivity contribution in [2.75, 3.05) is 60.3 Å². The molecular weight excluding hydrogens is 682 g/mol. The van der Waals surface area contributed by atoms with Gasteiger partial charge in [0.1, 0.15) is 17.9 Å². The molecule has 8 rings (SSSR count). The predicted molar refractivity (Wildman–Crippen MR) is 200 cm³/mol. The van der Waals surface area contributed by atoms with Crippen LogP contribution in [0.5, 0.6) is 0 Å². The molecule has 52 heavy (non-hydrogen) atoms. The van der Waals surface area contributed by atoms with Gasteiger partial charge in [-0.25, -0.2) is 9.37 Å². The standard InChI is InChI=1S/C21H23N3O3.C18H15FN4OS/c1-15-10-18(20(26)23-17-4-2-16(12-25)3-5-17)19(22-11-15)24-13-21(14-24)6-8-27-9-7-21;1-23-8-6-11-9-15(18(24)21-16-3-2-7-20-22-16)25-17(11)13-5-4-12(19)10-14(13)23/h2-5,10-12H,6-9,13-14H2,1H3,(H,23,26);2-5,7,9-10H,6,8H2,1H3,(H,21,22,24). The minimum Gasteiger partial charge on any atom is -0.381 e. The normalized spacial score (nSPS) is 15.6. The molecule has 13 heteroatoms. The van der Waals surface area contributed by atoms with Crippen LogP contribution >= 0.6 is 11.3 Å². The Kier molecular flexibility index (Phi) is 10.1. The quantitative estimate of drug-likeness (QED) is 0.185. The van der Waals surface area contributed by atoms with Crippen LogP contribution in [0.15, 0.2) is 79.1 Å². The van der Waals surface area contributed by atoms with Gasteiger partial charge in [0, 0.05) is 85.1 Å². The molecule has 11 nitrogen and oxygen atoms in total. The van der Waals surface area contributed by atoms with E-state index in [2.05, 4.69) is 30.7 Å². The van der Waals surface area contributed by atoms with Crippen LogP contribution in [0.25, 0.3) is 10.4 Å². The maximum absolute atomic E-state index is 13.7. The van der Waals surface area contributed by atoms with Gasteiger partial charge in [0.25, 0.3) is 11.8 Å². The van der Waals surface area contributed by atoms with Gasteiger partial charge in [-0.2, -0.15) is 5.10 Å². The zero-order valence-corrected chi connectivity index (χ0v) is 29.7. The van der Waals surface area contributed by atoms with Crippen LogP contribution in [0.4, 0.5) is 27.4 Å². The lowest BCUT2D eigenvalue weighted by molar-refractivity contribution is -0.000511. The van der Waals surface area contributed by atoms with E-state index >= 15 is 0 Å². The Morgan fingerprint density at radius 3 is 2.52 bits per heavy atom. The Balaban J connectivity index is 0.000000162. The number of nitrogens with one attached hydrogen (secondary N) is 2. The lowest BCUT2D eigenvalue weighted by atomic mass is 9.73. The number of hydrogen-bond acceptors (Lipinski definition) is 10. The maximum atomic E-state index is 13.7. The number of aryl methyl sites for hydroxylation is 1.